The smallest absolute Gasteiger partial charge is 0.240 e. The summed E-state index contributed by atoms with van der Waals surface area (Å²) in [4.78, 5) is 24.7. The lowest BCUT2D eigenvalue weighted by atomic mass is 10.0. The van der Waals surface area contributed by atoms with Crippen LogP contribution in [0.3, 0.4) is 0 Å². The Bertz CT molecular complexity index is 612. The highest BCUT2D eigenvalue weighted by Gasteiger charge is 2.56. The monoisotopic (exact) mass is 320 g/mol. The minimum absolute atomic E-state index is 0.246. The van der Waals surface area contributed by atoms with E-state index in [9.17, 15) is 9.59 Å². The van der Waals surface area contributed by atoms with Crippen LogP contribution in [0.2, 0.25) is 0 Å². The highest BCUT2D eigenvalue weighted by molar-refractivity contribution is 6.13. The van der Waals surface area contributed by atoms with Crippen LogP contribution in [0.25, 0.3) is 0 Å². The Balaban J connectivity index is 1.63. The minimum Gasteiger partial charge on any atom is -0.486 e. The third-order valence-corrected chi connectivity index (χ3v) is 4.01. The fourth-order valence-electron chi connectivity index (χ4n) is 2.49. The zero-order valence-electron chi connectivity index (χ0n) is 13.0. The molecule has 2 amide bonds. The molecule has 124 valence electrons. The Morgan fingerprint density at radius 2 is 1.91 bits per heavy atom. The van der Waals surface area contributed by atoms with Crippen LogP contribution in [0, 0.1) is 5.41 Å². The van der Waals surface area contributed by atoms with Crippen LogP contribution in [0.4, 0.5) is 5.69 Å². The van der Waals surface area contributed by atoms with Crippen molar-refractivity contribution in [3.8, 4) is 11.5 Å². The molecule has 1 aliphatic carbocycles. The van der Waals surface area contributed by atoms with Gasteiger partial charge in [-0.3, -0.25) is 9.59 Å². The van der Waals surface area contributed by atoms with Gasteiger partial charge in [-0.25, -0.2) is 0 Å². The first-order valence-corrected chi connectivity index (χ1v) is 7.64. The van der Waals surface area contributed by atoms with Crippen molar-refractivity contribution in [1.29, 1.82) is 0 Å². The summed E-state index contributed by atoms with van der Waals surface area (Å²) < 4.78 is 15.8. The number of hydrogen-bond donors (Lipinski definition) is 2. The normalized spacial score (nSPS) is 17.3. The van der Waals surface area contributed by atoms with Gasteiger partial charge in [-0.1, -0.05) is 0 Å². The molecule has 1 heterocycles. The van der Waals surface area contributed by atoms with Crippen molar-refractivity contribution in [2.75, 3.05) is 38.8 Å². The summed E-state index contributed by atoms with van der Waals surface area (Å²) in [6.45, 7) is 1.82. The van der Waals surface area contributed by atoms with E-state index in [4.69, 9.17) is 14.2 Å². The van der Waals surface area contributed by atoms with Gasteiger partial charge >= 0.3 is 0 Å². The number of amides is 2. The van der Waals surface area contributed by atoms with Crippen LogP contribution in [0.15, 0.2) is 18.2 Å². The lowest BCUT2D eigenvalue weighted by molar-refractivity contribution is -0.134. The van der Waals surface area contributed by atoms with Crippen molar-refractivity contribution >= 4 is 17.5 Å². The molecule has 0 aromatic heterocycles. The molecule has 1 aromatic rings. The van der Waals surface area contributed by atoms with E-state index in [0.717, 1.165) is 0 Å². The standard InChI is InChI=1S/C16H20N2O5/c1-21-7-6-17-14(19)16(4-5-16)15(20)18-11-2-3-12-13(10-11)23-9-8-22-12/h2-3,10H,4-9H2,1H3,(H,17,19)(H,18,20). The van der Waals surface area contributed by atoms with Crippen molar-refractivity contribution in [3.05, 3.63) is 18.2 Å². The van der Waals surface area contributed by atoms with Crippen LogP contribution in [-0.2, 0) is 14.3 Å². The number of nitrogens with one attached hydrogen (secondary N) is 2. The number of ether oxygens (including phenoxy) is 3. The molecule has 7 nitrogen and oxygen atoms in total. The van der Waals surface area contributed by atoms with E-state index in [-0.39, 0.29) is 11.8 Å². The zero-order valence-corrected chi connectivity index (χ0v) is 13.0. The third kappa shape index (κ3) is 3.24. The van der Waals surface area contributed by atoms with Crippen molar-refractivity contribution in [2.45, 2.75) is 12.8 Å². The molecule has 0 bridgehead atoms. The number of rotatable bonds is 6. The Morgan fingerprint density at radius 3 is 2.61 bits per heavy atom. The van der Waals surface area contributed by atoms with Gasteiger partial charge in [0.05, 0.1) is 6.61 Å². The summed E-state index contributed by atoms with van der Waals surface area (Å²) in [6, 6.07) is 5.21. The molecule has 0 unspecified atom stereocenters. The molecule has 23 heavy (non-hydrogen) atoms. The van der Waals surface area contributed by atoms with E-state index in [1.807, 2.05) is 0 Å². The Hall–Kier alpha value is -2.28. The van der Waals surface area contributed by atoms with Crippen LogP contribution >= 0.6 is 0 Å². The van der Waals surface area contributed by atoms with Gasteiger partial charge in [0.15, 0.2) is 11.5 Å². The van der Waals surface area contributed by atoms with Crippen molar-refractivity contribution in [1.82, 2.24) is 5.32 Å². The highest BCUT2D eigenvalue weighted by atomic mass is 16.6. The third-order valence-electron chi connectivity index (χ3n) is 4.01. The molecule has 1 saturated carbocycles. The summed E-state index contributed by atoms with van der Waals surface area (Å²) >= 11 is 0. The molecule has 2 N–H and O–H groups in total. The summed E-state index contributed by atoms with van der Waals surface area (Å²) in [5, 5.41) is 5.53. The van der Waals surface area contributed by atoms with Crippen molar-refractivity contribution in [3.63, 3.8) is 0 Å². The number of methoxy groups -OCH3 is 1. The van der Waals surface area contributed by atoms with E-state index in [0.29, 0.717) is 56.4 Å². The number of carbonyl (C=O) groups is 2. The maximum Gasteiger partial charge on any atom is 0.240 e. The number of carbonyl (C=O) groups excluding carboxylic acids is 2. The van der Waals surface area contributed by atoms with Gasteiger partial charge in [0.1, 0.15) is 18.6 Å². The molecule has 0 atom stereocenters. The molecule has 0 saturated heterocycles. The van der Waals surface area contributed by atoms with Crippen LogP contribution < -0.4 is 20.1 Å². The fraction of sp³-hybridized carbons (Fsp3) is 0.500. The number of anilines is 1. The average Bonchev–Trinajstić information content (AvgIpc) is 3.37. The van der Waals surface area contributed by atoms with Crippen molar-refractivity contribution in [2.24, 2.45) is 5.41 Å². The number of hydrogen-bond acceptors (Lipinski definition) is 5. The molecule has 1 aliphatic heterocycles. The molecule has 3 rings (SSSR count). The van der Waals surface area contributed by atoms with Crippen LogP contribution in [0.1, 0.15) is 12.8 Å². The van der Waals surface area contributed by atoms with E-state index in [2.05, 4.69) is 10.6 Å². The van der Waals surface area contributed by atoms with E-state index < -0.39 is 5.41 Å². The second-order valence-corrected chi connectivity index (χ2v) is 5.64. The van der Waals surface area contributed by atoms with E-state index in [1.54, 1.807) is 25.3 Å². The zero-order chi connectivity index (χ0) is 16.3. The van der Waals surface area contributed by atoms with Gasteiger partial charge in [-0.2, -0.15) is 0 Å². The van der Waals surface area contributed by atoms with Crippen LogP contribution in [0.5, 0.6) is 11.5 Å². The first-order valence-electron chi connectivity index (χ1n) is 7.64. The van der Waals surface area contributed by atoms with Gasteiger partial charge in [-0.15, -0.1) is 0 Å². The quantitative estimate of drug-likeness (QED) is 0.602. The molecule has 7 heteroatoms. The van der Waals surface area contributed by atoms with Crippen molar-refractivity contribution < 1.29 is 23.8 Å². The van der Waals surface area contributed by atoms with E-state index >= 15 is 0 Å². The summed E-state index contributed by atoms with van der Waals surface area (Å²) in [7, 11) is 1.56. The molecular weight excluding hydrogens is 300 g/mol. The van der Waals surface area contributed by atoms with Gasteiger partial charge < -0.3 is 24.8 Å². The predicted molar refractivity (Wildman–Crippen MR) is 82.6 cm³/mol. The first-order chi connectivity index (χ1) is 11.2. The molecule has 0 radical (unpaired) electrons. The summed E-state index contributed by atoms with van der Waals surface area (Å²) in [5.41, 5.74) is -0.365. The topological polar surface area (TPSA) is 85.9 Å². The highest BCUT2D eigenvalue weighted by Crippen LogP contribution is 2.47. The molecule has 2 aliphatic rings. The predicted octanol–water partition coefficient (Wildman–Crippen LogP) is 0.939. The summed E-state index contributed by atoms with van der Waals surface area (Å²) in [6.07, 6.45) is 1.12. The molecular formula is C16H20N2O5. The minimum atomic E-state index is -0.957. The maximum atomic E-state index is 12.5. The Kier molecular flexibility index (Phi) is 4.38. The fourth-order valence-corrected chi connectivity index (χ4v) is 2.49. The largest absolute Gasteiger partial charge is 0.486 e. The second-order valence-electron chi connectivity index (χ2n) is 5.64. The Morgan fingerprint density at radius 1 is 1.17 bits per heavy atom. The first kappa shape index (κ1) is 15.6. The molecule has 0 spiro atoms. The van der Waals surface area contributed by atoms with Gasteiger partial charge in [0, 0.05) is 25.4 Å². The number of benzene rings is 1. The van der Waals surface area contributed by atoms with Gasteiger partial charge in [0.25, 0.3) is 0 Å². The second kappa shape index (κ2) is 6.45. The van der Waals surface area contributed by atoms with Crippen LogP contribution in [-0.4, -0.2) is 45.3 Å². The lowest BCUT2D eigenvalue weighted by Crippen LogP contribution is -2.41. The SMILES string of the molecule is COCCNC(=O)C1(C(=O)Nc2ccc3c(c2)OCCO3)CC1. The number of fused-ring (bicyclic) bond motifs is 1. The maximum absolute atomic E-state index is 12.5. The molecule has 1 fully saturated rings. The van der Waals surface area contributed by atoms with Gasteiger partial charge in [0.2, 0.25) is 11.8 Å². The van der Waals surface area contributed by atoms with E-state index in [1.165, 1.54) is 0 Å². The Labute approximate surface area is 134 Å². The van der Waals surface area contributed by atoms with Gasteiger partial charge in [-0.05, 0) is 25.0 Å². The lowest BCUT2D eigenvalue weighted by Gasteiger charge is -2.20. The average molecular weight is 320 g/mol. The molecule has 1 aromatic carbocycles. The summed E-state index contributed by atoms with van der Waals surface area (Å²) in [5.74, 6) is 0.727.